The standard InChI is InChI=1S/C8H15NO4Si/c1-6(5-14-11-2)9-8(10)13-4-7-3-12-7/h6-7H,3-5H2,1-2H3,(H,9,10). The molecule has 1 rings (SSSR count). The summed E-state index contributed by atoms with van der Waals surface area (Å²) in [5.41, 5.74) is 0. The fourth-order valence-electron chi connectivity index (χ4n) is 0.835. The summed E-state index contributed by atoms with van der Waals surface area (Å²) in [6.07, 6.45) is -0.259. The van der Waals surface area contributed by atoms with Gasteiger partial charge in [0.15, 0.2) is 0 Å². The number of alkyl carbamates (subject to hydrolysis) is 1. The first-order valence-corrected chi connectivity index (χ1v) is 5.64. The minimum Gasteiger partial charge on any atom is -0.447 e. The molecule has 0 aromatic carbocycles. The van der Waals surface area contributed by atoms with Crippen LogP contribution in [0.2, 0.25) is 6.04 Å². The van der Waals surface area contributed by atoms with Gasteiger partial charge in [0.1, 0.15) is 12.7 Å². The van der Waals surface area contributed by atoms with E-state index in [1.54, 1.807) is 7.11 Å². The van der Waals surface area contributed by atoms with E-state index >= 15 is 0 Å². The van der Waals surface area contributed by atoms with E-state index in [0.29, 0.717) is 23.0 Å². The van der Waals surface area contributed by atoms with E-state index in [-0.39, 0.29) is 18.2 Å². The van der Waals surface area contributed by atoms with Gasteiger partial charge in [-0.2, -0.15) is 0 Å². The average molecular weight is 217 g/mol. The molecule has 2 atom stereocenters. The van der Waals surface area contributed by atoms with Crippen molar-refractivity contribution in [2.24, 2.45) is 0 Å². The Balaban J connectivity index is 1.99. The average Bonchev–Trinajstić information content (AvgIpc) is 2.95. The summed E-state index contributed by atoms with van der Waals surface area (Å²) in [5, 5.41) is 2.71. The number of rotatable bonds is 6. The molecule has 1 aliphatic rings. The van der Waals surface area contributed by atoms with Crippen molar-refractivity contribution in [3.8, 4) is 0 Å². The summed E-state index contributed by atoms with van der Waals surface area (Å²) >= 11 is 0. The van der Waals surface area contributed by atoms with Crippen LogP contribution in [0.5, 0.6) is 0 Å². The van der Waals surface area contributed by atoms with Gasteiger partial charge in [-0.3, -0.25) is 0 Å². The Kier molecular flexibility index (Phi) is 4.92. The predicted molar refractivity (Wildman–Crippen MR) is 51.3 cm³/mol. The molecule has 6 heteroatoms. The topological polar surface area (TPSA) is 60.1 Å². The molecule has 1 N–H and O–H groups in total. The zero-order valence-corrected chi connectivity index (χ0v) is 9.41. The Bertz CT molecular complexity index is 186. The third-order valence-electron chi connectivity index (χ3n) is 1.70. The van der Waals surface area contributed by atoms with Gasteiger partial charge in [0.05, 0.1) is 6.61 Å². The molecule has 1 heterocycles. The monoisotopic (exact) mass is 217 g/mol. The van der Waals surface area contributed by atoms with Crippen LogP contribution in [-0.2, 0) is 13.9 Å². The van der Waals surface area contributed by atoms with E-state index in [2.05, 4.69) is 5.32 Å². The minimum atomic E-state index is -0.381. The molecule has 1 amide bonds. The first-order chi connectivity index (χ1) is 6.72. The number of hydrogen-bond donors (Lipinski definition) is 1. The van der Waals surface area contributed by atoms with E-state index in [1.807, 2.05) is 6.92 Å². The number of amides is 1. The highest BCUT2D eigenvalue weighted by Crippen LogP contribution is 2.08. The van der Waals surface area contributed by atoms with Crippen LogP contribution in [0.3, 0.4) is 0 Å². The van der Waals surface area contributed by atoms with Gasteiger partial charge in [-0.1, -0.05) is 0 Å². The summed E-state index contributed by atoms with van der Waals surface area (Å²) in [4.78, 5) is 11.1. The van der Waals surface area contributed by atoms with Crippen molar-refractivity contribution in [3.05, 3.63) is 0 Å². The Labute approximate surface area is 86.0 Å². The lowest BCUT2D eigenvalue weighted by Crippen LogP contribution is -2.34. The van der Waals surface area contributed by atoms with Gasteiger partial charge in [-0.15, -0.1) is 0 Å². The normalized spacial score (nSPS) is 21.4. The highest BCUT2D eigenvalue weighted by molar-refractivity contribution is 6.27. The van der Waals surface area contributed by atoms with Gasteiger partial charge in [0.2, 0.25) is 9.76 Å². The van der Waals surface area contributed by atoms with Crippen molar-refractivity contribution < 1.29 is 18.7 Å². The third-order valence-corrected chi connectivity index (χ3v) is 2.77. The molecule has 0 aromatic heterocycles. The van der Waals surface area contributed by atoms with Crippen LogP contribution < -0.4 is 5.32 Å². The quantitative estimate of drug-likeness (QED) is 0.509. The maximum absolute atomic E-state index is 11.1. The van der Waals surface area contributed by atoms with E-state index in [0.717, 1.165) is 6.04 Å². The van der Waals surface area contributed by atoms with Crippen molar-refractivity contribution >= 4 is 15.9 Å². The number of nitrogens with one attached hydrogen (secondary N) is 1. The predicted octanol–water partition coefficient (Wildman–Crippen LogP) is 0.184. The maximum atomic E-state index is 11.1. The van der Waals surface area contributed by atoms with Crippen LogP contribution in [0.4, 0.5) is 4.79 Å². The molecule has 14 heavy (non-hydrogen) atoms. The third kappa shape index (κ3) is 5.20. The van der Waals surface area contributed by atoms with Gasteiger partial charge in [0.25, 0.3) is 0 Å². The number of carbonyl (C=O) groups is 1. The summed E-state index contributed by atoms with van der Waals surface area (Å²) in [5.74, 6) is 0. The van der Waals surface area contributed by atoms with E-state index in [1.165, 1.54) is 0 Å². The van der Waals surface area contributed by atoms with Crippen LogP contribution in [-0.4, -0.2) is 48.3 Å². The van der Waals surface area contributed by atoms with Gasteiger partial charge >= 0.3 is 6.09 Å². The maximum Gasteiger partial charge on any atom is 0.407 e. The second-order valence-corrected chi connectivity index (χ2v) is 4.26. The molecule has 0 aliphatic carbocycles. The molecule has 0 bridgehead atoms. The summed E-state index contributed by atoms with van der Waals surface area (Å²) in [6, 6.07) is 0.895. The lowest BCUT2D eigenvalue weighted by molar-refractivity contribution is 0.133. The van der Waals surface area contributed by atoms with Crippen LogP contribution in [0.25, 0.3) is 0 Å². The first kappa shape index (κ1) is 11.5. The minimum absolute atomic E-state index is 0.0842. The number of carbonyl (C=O) groups excluding carboxylic acids is 1. The molecule has 2 unspecified atom stereocenters. The van der Waals surface area contributed by atoms with Crippen LogP contribution in [0.1, 0.15) is 6.92 Å². The molecule has 0 saturated carbocycles. The summed E-state index contributed by atoms with van der Waals surface area (Å²) in [6.45, 7) is 2.97. The van der Waals surface area contributed by atoms with Crippen molar-refractivity contribution in [1.29, 1.82) is 0 Å². The largest absolute Gasteiger partial charge is 0.447 e. The molecule has 2 radical (unpaired) electrons. The van der Waals surface area contributed by atoms with Crippen LogP contribution >= 0.6 is 0 Å². The van der Waals surface area contributed by atoms with E-state index in [4.69, 9.17) is 13.9 Å². The summed E-state index contributed by atoms with van der Waals surface area (Å²) < 4.78 is 14.7. The van der Waals surface area contributed by atoms with Gasteiger partial charge < -0.3 is 19.2 Å². The Morgan fingerprint density at radius 2 is 2.50 bits per heavy atom. The number of epoxide rings is 1. The van der Waals surface area contributed by atoms with Crippen molar-refractivity contribution in [2.75, 3.05) is 20.3 Å². The lowest BCUT2D eigenvalue weighted by Gasteiger charge is -2.12. The summed E-state index contributed by atoms with van der Waals surface area (Å²) in [7, 11) is 2.06. The second kappa shape index (κ2) is 6.00. The van der Waals surface area contributed by atoms with Crippen LogP contribution in [0.15, 0.2) is 0 Å². The highest BCUT2D eigenvalue weighted by Gasteiger charge is 2.24. The molecule has 80 valence electrons. The molecule has 1 aliphatic heterocycles. The molecule has 0 aromatic rings. The first-order valence-electron chi connectivity index (χ1n) is 4.53. The molecular formula is C8H15NO4Si. The van der Waals surface area contributed by atoms with Gasteiger partial charge in [-0.05, 0) is 13.0 Å². The van der Waals surface area contributed by atoms with Gasteiger partial charge in [0, 0.05) is 13.2 Å². The lowest BCUT2D eigenvalue weighted by atomic mass is 10.4. The number of hydrogen-bond acceptors (Lipinski definition) is 4. The molecule has 1 saturated heterocycles. The SMILES string of the molecule is CO[Si]CC(C)NC(=O)OCC1CO1. The molecule has 5 nitrogen and oxygen atoms in total. The fraction of sp³-hybridized carbons (Fsp3) is 0.875. The Hall–Kier alpha value is -0.593. The zero-order chi connectivity index (χ0) is 10.4. The van der Waals surface area contributed by atoms with E-state index < -0.39 is 0 Å². The van der Waals surface area contributed by atoms with Crippen molar-refractivity contribution in [3.63, 3.8) is 0 Å². The second-order valence-electron chi connectivity index (χ2n) is 3.15. The van der Waals surface area contributed by atoms with Gasteiger partial charge in [-0.25, -0.2) is 4.79 Å². The fourth-order valence-corrected chi connectivity index (χ4v) is 1.35. The molecule has 0 spiro atoms. The number of ether oxygens (including phenoxy) is 2. The Morgan fingerprint density at radius 3 is 3.07 bits per heavy atom. The molecule has 1 fully saturated rings. The molecular weight excluding hydrogens is 202 g/mol. The van der Waals surface area contributed by atoms with Crippen molar-refractivity contribution in [2.45, 2.75) is 25.1 Å². The zero-order valence-electron chi connectivity index (χ0n) is 8.41. The highest BCUT2D eigenvalue weighted by atomic mass is 28.2. The smallest absolute Gasteiger partial charge is 0.407 e. The Morgan fingerprint density at radius 1 is 1.79 bits per heavy atom. The van der Waals surface area contributed by atoms with E-state index in [9.17, 15) is 4.79 Å². The van der Waals surface area contributed by atoms with Crippen LogP contribution in [0, 0.1) is 0 Å². The van der Waals surface area contributed by atoms with Crippen molar-refractivity contribution in [1.82, 2.24) is 5.32 Å².